The third-order valence-corrected chi connectivity index (χ3v) is 8.55. The van der Waals surface area contributed by atoms with Crippen molar-refractivity contribution in [1.29, 1.82) is 0 Å². The van der Waals surface area contributed by atoms with Crippen molar-refractivity contribution in [1.82, 2.24) is 0 Å². The van der Waals surface area contributed by atoms with E-state index in [0.29, 0.717) is 12.8 Å². The van der Waals surface area contributed by atoms with Crippen LogP contribution in [0, 0.1) is 5.92 Å². The molecule has 0 spiro atoms. The molecular weight excluding hydrogens is 550 g/mol. The normalized spacial score (nSPS) is 14.0. The van der Waals surface area contributed by atoms with Crippen LogP contribution in [0.15, 0.2) is 0 Å². The lowest BCUT2D eigenvalue weighted by atomic mass is 9.83. The lowest BCUT2D eigenvalue weighted by Gasteiger charge is -2.43. The maximum absolute atomic E-state index is 13.3. The van der Waals surface area contributed by atoms with Crippen LogP contribution in [0.5, 0.6) is 0 Å². The molecule has 0 aliphatic carbocycles. The van der Waals surface area contributed by atoms with Gasteiger partial charge in [0, 0.05) is 12.8 Å². The quantitative estimate of drug-likeness (QED) is 0.0614. The van der Waals surface area contributed by atoms with Crippen molar-refractivity contribution in [2.45, 2.75) is 181 Å². The van der Waals surface area contributed by atoms with Crippen LogP contribution in [0.25, 0.3) is 0 Å². The Morgan fingerprint density at radius 1 is 0.564 bits per heavy atom. The van der Waals surface area contributed by atoms with E-state index < -0.39 is 11.6 Å². The van der Waals surface area contributed by atoms with Crippen molar-refractivity contribution in [3.63, 3.8) is 0 Å². The molecule has 0 heterocycles. The van der Waals surface area contributed by atoms with Gasteiger partial charge in [0.05, 0.1) is 21.1 Å². The Kier molecular flexibility index (Phi) is 26.7. The number of carbonyl (C=O) groups is 2. The number of nitrogens with zero attached hydrogens (tertiary/aromatic N) is 1. The van der Waals surface area contributed by atoms with Crippen LogP contribution < -0.4 is 17.0 Å². The van der Waals surface area contributed by atoms with Gasteiger partial charge >= 0.3 is 0 Å². The summed E-state index contributed by atoms with van der Waals surface area (Å²) in [6, 6.07) is 0. The number of Topliss-reactive ketones (excluding diaryl/α,β-unsaturated/α-hetero) is 2. The van der Waals surface area contributed by atoms with E-state index in [-0.39, 0.29) is 33.0 Å². The van der Waals surface area contributed by atoms with Crippen molar-refractivity contribution >= 4 is 11.6 Å². The molecule has 0 aromatic heterocycles. The second-order valence-corrected chi connectivity index (χ2v) is 12.9. The van der Waals surface area contributed by atoms with E-state index in [2.05, 4.69) is 13.8 Å². The number of hydrogen-bond donors (Lipinski definition) is 1. The number of quaternary nitrogens is 1. The van der Waals surface area contributed by atoms with Gasteiger partial charge in [-0.15, -0.1) is 0 Å². The Balaban J connectivity index is 0. The highest BCUT2D eigenvalue weighted by Gasteiger charge is 2.54. The van der Waals surface area contributed by atoms with Gasteiger partial charge in [-0.1, -0.05) is 142 Å². The summed E-state index contributed by atoms with van der Waals surface area (Å²) in [4.78, 5) is 26.3. The predicted octanol–water partition coefficient (Wildman–Crippen LogP) is 6.56. The van der Waals surface area contributed by atoms with E-state index >= 15 is 0 Å². The number of rotatable bonds is 28. The van der Waals surface area contributed by atoms with Crippen LogP contribution >= 0.6 is 0 Å². The molecule has 0 radical (unpaired) electrons. The summed E-state index contributed by atoms with van der Waals surface area (Å²) in [6.45, 7) is 6.28. The minimum Gasteiger partial charge on any atom is -1.00 e. The maximum atomic E-state index is 13.3. The highest BCUT2D eigenvalue weighted by Crippen LogP contribution is 2.30. The Bertz CT molecular complexity index is 589. The molecule has 0 fully saturated rings. The van der Waals surface area contributed by atoms with Gasteiger partial charge in [-0.3, -0.25) is 14.1 Å². The molecule has 0 aromatic carbocycles. The number of hydrogen-bond acceptors (Lipinski definition) is 3. The Morgan fingerprint density at radius 2 is 0.846 bits per heavy atom. The molecule has 0 rings (SSSR count). The van der Waals surface area contributed by atoms with Crippen molar-refractivity contribution < 1.29 is 36.2 Å². The second kappa shape index (κ2) is 25.5. The first-order valence-electron chi connectivity index (χ1n) is 16.7. The van der Waals surface area contributed by atoms with E-state index in [1.807, 2.05) is 21.1 Å². The fourth-order valence-corrected chi connectivity index (χ4v) is 5.73. The second-order valence-electron chi connectivity index (χ2n) is 12.9. The third kappa shape index (κ3) is 18.7. The average Bonchev–Trinajstić information content (AvgIpc) is 2.88. The van der Waals surface area contributed by atoms with Crippen molar-refractivity contribution in [2.75, 3.05) is 21.1 Å². The minimum atomic E-state index is -1.65. The Morgan fingerprint density at radius 3 is 1.15 bits per heavy atom. The molecule has 2 unspecified atom stereocenters. The summed E-state index contributed by atoms with van der Waals surface area (Å²) < 4.78 is 0.0784. The zero-order valence-electron chi connectivity index (χ0n) is 27.1. The molecule has 0 aliphatic heterocycles. The summed E-state index contributed by atoms with van der Waals surface area (Å²) in [6.07, 6.45) is 28.1. The van der Waals surface area contributed by atoms with Gasteiger partial charge in [-0.25, -0.2) is 0 Å². The van der Waals surface area contributed by atoms with Gasteiger partial charge in [-0.2, -0.15) is 0 Å². The molecule has 1 N–H and O–H groups in total. The first kappa shape index (κ1) is 40.9. The molecule has 39 heavy (non-hydrogen) atoms. The van der Waals surface area contributed by atoms with E-state index in [0.717, 1.165) is 32.1 Å². The largest absolute Gasteiger partial charge is 1.00 e. The van der Waals surface area contributed by atoms with Crippen LogP contribution in [0.2, 0.25) is 0 Å². The number of carbonyl (C=O) groups excluding carboxylic acids is 2. The van der Waals surface area contributed by atoms with E-state index in [1.165, 1.54) is 109 Å². The topological polar surface area (TPSA) is 54.4 Å². The van der Waals surface area contributed by atoms with E-state index in [1.54, 1.807) is 6.92 Å². The number of likely N-dealkylation sites (N-methyl/N-ethyl adjacent to an activating group) is 1. The van der Waals surface area contributed by atoms with E-state index in [4.69, 9.17) is 0 Å². The van der Waals surface area contributed by atoms with Gasteiger partial charge in [0.15, 0.2) is 0 Å². The third-order valence-electron chi connectivity index (χ3n) is 8.55. The molecular formula is C34H68BrNO3. The van der Waals surface area contributed by atoms with Gasteiger partial charge in [0.25, 0.3) is 5.72 Å². The monoisotopic (exact) mass is 617 g/mol. The van der Waals surface area contributed by atoms with Crippen molar-refractivity contribution in [3.8, 4) is 0 Å². The van der Waals surface area contributed by atoms with Crippen LogP contribution in [0.3, 0.4) is 0 Å². The van der Waals surface area contributed by atoms with Crippen LogP contribution in [-0.4, -0.2) is 48.0 Å². The first-order chi connectivity index (χ1) is 18.1. The van der Waals surface area contributed by atoms with Crippen LogP contribution in [-0.2, 0) is 9.59 Å². The first-order valence-corrected chi connectivity index (χ1v) is 16.7. The molecule has 234 valence electrons. The number of ketones is 2. The Labute approximate surface area is 254 Å². The average molecular weight is 619 g/mol. The van der Waals surface area contributed by atoms with Crippen LogP contribution in [0.1, 0.15) is 175 Å². The fraction of sp³-hybridized carbons (Fsp3) is 0.941. The molecule has 0 amide bonds. The highest BCUT2D eigenvalue weighted by atomic mass is 79.9. The lowest BCUT2D eigenvalue weighted by Crippen LogP contribution is -3.00. The van der Waals surface area contributed by atoms with Crippen molar-refractivity contribution in [2.24, 2.45) is 5.92 Å². The maximum Gasteiger partial charge on any atom is 0.270 e. The number of unbranched alkanes of at least 4 members (excludes halogenated alkanes) is 20. The summed E-state index contributed by atoms with van der Waals surface area (Å²) in [5, 5.41) is 11.6. The summed E-state index contributed by atoms with van der Waals surface area (Å²) in [5.41, 5.74) is -1.65. The number of aliphatic hydroxyl groups is 1. The van der Waals surface area contributed by atoms with Gasteiger partial charge < -0.3 is 22.1 Å². The standard InChI is InChI=1S/C34H68NO3.BrH/c1-7-9-11-13-15-17-19-21-23-25-27-29-32(36)31(3)34(38,35(4,5)6)33(37)30-28-26-24-22-20-18-16-14-12-10-8-2;/h31,38H,7-30H2,1-6H3;1H/q+1;/p-1. The molecule has 4 nitrogen and oxygen atoms in total. The summed E-state index contributed by atoms with van der Waals surface area (Å²) in [5.74, 6) is -0.810. The number of halogens is 1. The van der Waals surface area contributed by atoms with Gasteiger partial charge in [0.1, 0.15) is 11.7 Å². The molecule has 0 saturated heterocycles. The lowest BCUT2D eigenvalue weighted by molar-refractivity contribution is -0.941. The highest BCUT2D eigenvalue weighted by molar-refractivity contribution is 5.93. The fourth-order valence-electron chi connectivity index (χ4n) is 5.73. The molecule has 0 saturated carbocycles. The van der Waals surface area contributed by atoms with Crippen molar-refractivity contribution in [3.05, 3.63) is 0 Å². The molecule has 0 aliphatic rings. The van der Waals surface area contributed by atoms with E-state index in [9.17, 15) is 14.7 Å². The van der Waals surface area contributed by atoms with Crippen LogP contribution in [0.4, 0.5) is 0 Å². The molecule has 5 heteroatoms. The zero-order valence-corrected chi connectivity index (χ0v) is 28.7. The summed E-state index contributed by atoms with van der Waals surface area (Å²) >= 11 is 0. The predicted molar refractivity (Wildman–Crippen MR) is 164 cm³/mol. The van der Waals surface area contributed by atoms with Gasteiger partial charge in [0.2, 0.25) is 5.78 Å². The molecule has 2 atom stereocenters. The SMILES string of the molecule is CCCCCCCCCCCCCC(=O)C(C)C(O)(C(=O)CCCCCCCCCCCCC)[N+](C)(C)C.[Br-]. The smallest absolute Gasteiger partial charge is 0.270 e. The summed E-state index contributed by atoms with van der Waals surface area (Å²) in [7, 11) is 5.51. The zero-order chi connectivity index (χ0) is 28.7. The van der Waals surface area contributed by atoms with Gasteiger partial charge in [-0.05, 0) is 19.8 Å². The molecule has 0 bridgehead atoms. The molecule has 0 aromatic rings. The minimum absolute atomic E-state index is 0. The Hall–Kier alpha value is -0.260.